The van der Waals surface area contributed by atoms with Crippen LogP contribution in [0.25, 0.3) is 0 Å². The van der Waals surface area contributed by atoms with Gasteiger partial charge in [-0.2, -0.15) is 0 Å². The molecule has 3 aliphatic rings. The summed E-state index contributed by atoms with van der Waals surface area (Å²) < 4.78 is 15.9. The molecule has 4 nitrogen and oxygen atoms in total. The van der Waals surface area contributed by atoms with Crippen molar-refractivity contribution in [2.45, 2.75) is 37.9 Å². The number of alkyl halides is 1. The quantitative estimate of drug-likeness (QED) is 0.817. The average Bonchev–Trinajstić information content (AvgIpc) is 3.39. The van der Waals surface area contributed by atoms with E-state index in [9.17, 15) is 9.18 Å². The zero-order valence-electron chi connectivity index (χ0n) is 12.1. The first-order valence-electron chi connectivity index (χ1n) is 7.88. The molecule has 2 aliphatic carbocycles. The fourth-order valence-corrected chi connectivity index (χ4v) is 3.82. The maximum absolute atomic E-state index is 14.3. The molecule has 5 heteroatoms. The Morgan fingerprint density at radius 3 is 2.73 bits per heavy atom. The molecule has 112 valence electrons. The van der Waals surface area contributed by atoms with Gasteiger partial charge in [-0.25, -0.2) is 14.1 Å². The molecule has 1 spiro atoms. The van der Waals surface area contributed by atoms with Gasteiger partial charge in [-0.3, -0.25) is 4.79 Å². The standard InChI is InChI=1S/C17H16FN3O/c18-12-8-13(10-4-2-1-3-5-10)21-16(12)19-15(20-21)14(22)11-9-17(11)6-7-17/h1-5,11-13H,6-9H2/t11-,12+,13+/m1/s1. The lowest BCUT2D eigenvalue weighted by Crippen LogP contribution is -2.11. The Morgan fingerprint density at radius 1 is 1.27 bits per heavy atom. The van der Waals surface area contributed by atoms with Crippen molar-refractivity contribution in [3.05, 3.63) is 47.5 Å². The average molecular weight is 297 g/mol. The number of fused-ring (bicyclic) bond motifs is 1. The molecule has 0 bridgehead atoms. The summed E-state index contributed by atoms with van der Waals surface area (Å²) in [4.78, 5) is 16.7. The first-order valence-corrected chi connectivity index (χ1v) is 7.88. The van der Waals surface area contributed by atoms with Gasteiger partial charge in [0.05, 0.1) is 6.04 Å². The molecule has 5 rings (SSSR count). The topological polar surface area (TPSA) is 47.8 Å². The second kappa shape index (κ2) is 4.03. The minimum absolute atomic E-state index is 0.0124. The molecule has 0 saturated heterocycles. The van der Waals surface area contributed by atoms with Gasteiger partial charge < -0.3 is 0 Å². The van der Waals surface area contributed by atoms with Crippen molar-refractivity contribution in [3.8, 4) is 0 Å². The maximum Gasteiger partial charge on any atom is 0.217 e. The molecule has 0 radical (unpaired) electrons. The molecule has 1 aromatic carbocycles. The summed E-state index contributed by atoms with van der Waals surface area (Å²) in [5.41, 5.74) is 1.29. The molecular formula is C17H16FN3O. The first kappa shape index (κ1) is 12.5. The zero-order valence-corrected chi connectivity index (χ0v) is 12.1. The number of aromatic nitrogens is 3. The lowest BCUT2D eigenvalue weighted by Gasteiger charge is -2.11. The molecule has 0 unspecified atom stereocenters. The molecular weight excluding hydrogens is 281 g/mol. The van der Waals surface area contributed by atoms with Crippen molar-refractivity contribution in [2.75, 3.05) is 0 Å². The Bertz CT molecular complexity index is 765. The summed E-state index contributed by atoms with van der Waals surface area (Å²) in [5.74, 6) is 0.622. The second-order valence-electron chi connectivity index (χ2n) is 6.85. The fourth-order valence-electron chi connectivity index (χ4n) is 3.82. The first-order chi connectivity index (χ1) is 10.7. The highest BCUT2D eigenvalue weighted by molar-refractivity contribution is 5.97. The van der Waals surface area contributed by atoms with Crippen molar-refractivity contribution in [2.24, 2.45) is 11.3 Å². The Labute approximate surface area is 127 Å². The number of ketones is 1. The number of carbonyl (C=O) groups excluding carboxylic acids is 1. The molecule has 0 N–H and O–H groups in total. The van der Waals surface area contributed by atoms with E-state index in [1.54, 1.807) is 4.68 Å². The van der Waals surface area contributed by atoms with Gasteiger partial charge in [-0.05, 0) is 30.2 Å². The van der Waals surface area contributed by atoms with E-state index in [-0.39, 0.29) is 29.0 Å². The SMILES string of the molecule is O=C(c1nc2n(n1)[C@H](c1ccccc1)C[C@@H]2F)[C@H]1CC12CC2. The molecule has 2 fully saturated rings. The van der Waals surface area contributed by atoms with Gasteiger partial charge in [0.15, 0.2) is 12.0 Å². The summed E-state index contributed by atoms with van der Waals surface area (Å²) in [5, 5.41) is 4.37. The highest BCUT2D eigenvalue weighted by atomic mass is 19.1. The minimum Gasteiger partial charge on any atom is -0.290 e. The monoisotopic (exact) mass is 297 g/mol. The van der Waals surface area contributed by atoms with E-state index in [1.807, 2.05) is 30.3 Å². The minimum atomic E-state index is -1.15. The number of hydrogen-bond donors (Lipinski definition) is 0. The predicted molar refractivity (Wildman–Crippen MR) is 77.2 cm³/mol. The van der Waals surface area contributed by atoms with Crippen LogP contribution < -0.4 is 0 Å². The molecule has 3 atom stereocenters. The molecule has 0 amide bonds. The Hall–Kier alpha value is -2.04. The van der Waals surface area contributed by atoms with Gasteiger partial charge in [0, 0.05) is 12.3 Å². The van der Waals surface area contributed by atoms with Crippen molar-refractivity contribution < 1.29 is 9.18 Å². The Balaban J connectivity index is 1.49. The lowest BCUT2D eigenvalue weighted by molar-refractivity contribution is 0.0948. The predicted octanol–water partition coefficient (Wildman–Crippen LogP) is 3.26. The van der Waals surface area contributed by atoms with Crippen LogP contribution in [0.3, 0.4) is 0 Å². The molecule has 2 aromatic rings. The highest BCUT2D eigenvalue weighted by Crippen LogP contribution is 2.71. The van der Waals surface area contributed by atoms with Crippen LogP contribution in [0.5, 0.6) is 0 Å². The van der Waals surface area contributed by atoms with Crippen LogP contribution in [0.4, 0.5) is 4.39 Å². The van der Waals surface area contributed by atoms with Crippen molar-refractivity contribution >= 4 is 5.78 Å². The van der Waals surface area contributed by atoms with Crippen LogP contribution >= 0.6 is 0 Å². The van der Waals surface area contributed by atoms with E-state index in [1.165, 1.54) is 0 Å². The molecule has 2 heterocycles. The number of Topliss-reactive ketones (excluding diaryl/α,β-unsaturated/α-hetero) is 1. The fraction of sp³-hybridized carbons (Fsp3) is 0.471. The summed E-state index contributed by atoms with van der Waals surface area (Å²) in [7, 11) is 0. The van der Waals surface area contributed by atoms with E-state index in [0.717, 1.165) is 24.8 Å². The van der Waals surface area contributed by atoms with Crippen LogP contribution in [-0.4, -0.2) is 20.5 Å². The third-order valence-electron chi connectivity index (χ3n) is 5.47. The molecule has 22 heavy (non-hydrogen) atoms. The number of nitrogens with zero attached hydrogens (tertiary/aromatic N) is 3. The maximum atomic E-state index is 14.3. The number of hydrogen-bond acceptors (Lipinski definition) is 3. The van der Waals surface area contributed by atoms with E-state index >= 15 is 0 Å². The van der Waals surface area contributed by atoms with Gasteiger partial charge in [0.2, 0.25) is 11.6 Å². The largest absolute Gasteiger partial charge is 0.290 e. The van der Waals surface area contributed by atoms with Gasteiger partial charge in [-0.1, -0.05) is 30.3 Å². The van der Waals surface area contributed by atoms with E-state index < -0.39 is 6.17 Å². The van der Waals surface area contributed by atoms with Crippen LogP contribution in [-0.2, 0) is 0 Å². The number of carbonyl (C=O) groups is 1. The van der Waals surface area contributed by atoms with E-state index in [2.05, 4.69) is 10.1 Å². The van der Waals surface area contributed by atoms with Crippen LogP contribution in [0.2, 0.25) is 0 Å². The molecule has 1 aliphatic heterocycles. The normalized spacial score (nSPS) is 30.3. The van der Waals surface area contributed by atoms with Gasteiger partial charge >= 0.3 is 0 Å². The van der Waals surface area contributed by atoms with Gasteiger partial charge in [0.1, 0.15) is 0 Å². The molecule has 1 aromatic heterocycles. The van der Waals surface area contributed by atoms with Crippen LogP contribution in [0, 0.1) is 11.3 Å². The van der Waals surface area contributed by atoms with Crippen molar-refractivity contribution in [1.29, 1.82) is 0 Å². The van der Waals surface area contributed by atoms with Gasteiger partial charge in [0.25, 0.3) is 0 Å². The summed E-state index contributed by atoms with van der Waals surface area (Å²) in [6, 6.07) is 9.58. The number of benzene rings is 1. The smallest absolute Gasteiger partial charge is 0.217 e. The summed E-state index contributed by atoms with van der Waals surface area (Å²) >= 11 is 0. The third-order valence-corrected chi connectivity index (χ3v) is 5.47. The number of rotatable bonds is 3. The highest BCUT2D eigenvalue weighted by Gasteiger charge is 2.66. The van der Waals surface area contributed by atoms with E-state index in [4.69, 9.17) is 0 Å². The van der Waals surface area contributed by atoms with Crippen molar-refractivity contribution in [1.82, 2.24) is 14.8 Å². The zero-order chi connectivity index (χ0) is 14.9. The third kappa shape index (κ3) is 1.65. The second-order valence-corrected chi connectivity index (χ2v) is 6.85. The van der Waals surface area contributed by atoms with Crippen LogP contribution in [0.1, 0.15) is 59.9 Å². The summed E-state index contributed by atoms with van der Waals surface area (Å²) in [6.45, 7) is 0. The molecule has 2 saturated carbocycles. The van der Waals surface area contributed by atoms with Gasteiger partial charge in [-0.15, -0.1) is 5.10 Å². The Morgan fingerprint density at radius 2 is 2.05 bits per heavy atom. The lowest BCUT2D eigenvalue weighted by atomic mass is 10.0. The Kier molecular flexibility index (Phi) is 2.29. The number of halogens is 1. The van der Waals surface area contributed by atoms with Crippen LogP contribution in [0.15, 0.2) is 30.3 Å². The summed E-state index contributed by atoms with van der Waals surface area (Å²) in [6.07, 6.45) is 2.47. The van der Waals surface area contributed by atoms with Crippen molar-refractivity contribution in [3.63, 3.8) is 0 Å². The van der Waals surface area contributed by atoms with E-state index in [0.29, 0.717) is 12.2 Å².